The van der Waals surface area contributed by atoms with Crippen molar-refractivity contribution in [2.24, 2.45) is 10.9 Å². The third-order valence-corrected chi connectivity index (χ3v) is 12.0. The van der Waals surface area contributed by atoms with E-state index in [0.717, 1.165) is 95.0 Å². The lowest BCUT2D eigenvalue weighted by Crippen LogP contribution is -2.29. The van der Waals surface area contributed by atoms with Crippen molar-refractivity contribution in [3.63, 3.8) is 0 Å². The molecule has 2 aliphatic carbocycles. The highest BCUT2D eigenvalue weighted by atomic mass is 15.0. The van der Waals surface area contributed by atoms with Crippen LogP contribution in [0.1, 0.15) is 41.0 Å². The van der Waals surface area contributed by atoms with Gasteiger partial charge >= 0.3 is 0 Å². The van der Waals surface area contributed by atoms with Crippen LogP contribution in [0.4, 0.5) is 0 Å². The number of fused-ring (bicyclic) bond motifs is 8. The fraction of sp³-hybridized carbons (Fsp3) is 0.0755. The number of hydrogen-bond donors (Lipinski definition) is 0. The van der Waals surface area contributed by atoms with Crippen LogP contribution in [0.15, 0.2) is 169 Å². The molecule has 12 rings (SSSR count). The molecule has 3 atom stereocenters. The van der Waals surface area contributed by atoms with Crippen LogP contribution in [0.2, 0.25) is 0 Å². The van der Waals surface area contributed by atoms with Crippen molar-refractivity contribution >= 4 is 56.5 Å². The zero-order valence-electron chi connectivity index (χ0n) is 32.4. The van der Waals surface area contributed by atoms with Gasteiger partial charge in [-0.1, -0.05) is 127 Å². The van der Waals surface area contributed by atoms with Crippen LogP contribution in [0, 0.1) is 5.92 Å². The number of aliphatic imine (C=N–C) groups is 1. The number of benzene rings is 5. The van der Waals surface area contributed by atoms with Gasteiger partial charge in [-0.05, 0) is 75.7 Å². The summed E-state index contributed by atoms with van der Waals surface area (Å²) in [6.45, 7) is 0. The SMILES string of the molecule is C1=CC2C=Cc3cccnc3C2N=C1c1ccc2cc(-c3nc(-c4ccccc4)nc(C4C=c5ccc(-c6ccc7ccc8cccnc8c7n6)cc5=CC4)n3)ccc2c1. The molecule has 7 heteroatoms. The second-order valence-electron chi connectivity index (χ2n) is 15.7. The standard InChI is InChI=1S/C53H35N7/c1-2-6-36(7-3-1)51-58-52(43-20-16-37-28-41(18-14-39(37)30-43)45-24-22-34-12-10-32-8-4-26-54-47(32)49(34)56-45)60-53(59-51)44-21-17-38-29-42(19-15-40(38)31-44)46-25-23-35-13-11-33-9-5-27-55-48(33)50(35)57-46/h1-20,22-31,34,44,49H,21H2. The summed E-state index contributed by atoms with van der Waals surface area (Å²) in [4.78, 5) is 35.0. The van der Waals surface area contributed by atoms with Crippen LogP contribution < -0.4 is 10.4 Å². The van der Waals surface area contributed by atoms with Gasteiger partial charge in [0, 0.05) is 57.3 Å². The number of pyridine rings is 3. The molecule has 0 amide bonds. The molecule has 0 fully saturated rings. The average Bonchev–Trinajstić information content (AvgIpc) is 3.33. The van der Waals surface area contributed by atoms with E-state index in [-0.39, 0.29) is 17.9 Å². The molecule has 0 spiro atoms. The Morgan fingerprint density at radius 3 is 2.13 bits per heavy atom. The third-order valence-electron chi connectivity index (χ3n) is 12.0. The lowest BCUT2D eigenvalue weighted by Gasteiger charge is -2.27. The molecule has 0 bridgehead atoms. The minimum absolute atomic E-state index is 0.0156. The van der Waals surface area contributed by atoms with Gasteiger partial charge in [0.05, 0.1) is 28.1 Å². The molecular weight excluding hydrogens is 735 g/mol. The topological polar surface area (TPSA) is 89.7 Å². The quantitative estimate of drug-likeness (QED) is 0.162. The average molecular weight is 770 g/mol. The first-order chi connectivity index (χ1) is 29.7. The Balaban J connectivity index is 0.878. The number of nitrogens with zero attached hydrogens (tertiary/aromatic N) is 7. The van der Waals surface area contributed by atoms with Crippen molar-refractivity contribution in [2.45, 2.75) is 18.4 Å². The van der Waals surface area contributed by atoms with Crippen molar-refractivity contribution in [1.82, 2.24) is 29.9 Å². The van der Waals surface area contributed by atoms with Crippen molar-refractivity contribution in [2.75, 3.05) is 0 Å². The van der Waals surface area contributed by atoms with Crippen molar-refractivity contribution in [3.05, 3.63) is 197 Å². The molecule has 0 saturated heterocycles. The van der Waals surface area contributed by atoms with Crippen molar-refractivity contribution in [3.8, 4) is 34.0 Å². The summed E-state index contributed by atoms with van der Waals surface area (Å²) < 4.78 is 0. The molecule has 1 aliphatic heterocycles. The van der Waals surface area contributed by atoms with Gasteiger partial charge in [-0.2, -0.15) is 0 Å². The van der Waals surface area contributed by atoms with Crippen LogP contribution in [0.5, 0.6) is 0 Å². The molecule has 5 aromatic carbocycles. The summed E-state index contributed by atoms with van der Waals surface area (Å²) >= 11 is 0. The number of allylic oxidation sites excluding steroid dienone is 1. The van der Waals surface area contributed by atoms with Gasteiger partial charge in [0.2, 0.25) is 0 Å². The van der Waals surface area contributed by atoms with E-state index in [0.29, 0.717) is 11.6 Å². The lowest BCUT2D eigenvalue weighted by molar-refractivity contribution is 0.591. The van der Waals surface area contributed by atoms with Crippen LogP contribution >= 0.6 is 0 Å². The Kier molecular flexibility index (Phi) is 7.98. The zero-order valence-corrected chi connectivity index (χ0v) is 32.4. The van der Waals surface area contributed by atoms with Gasteiger partial charge in [0.15, 0.2) is 11.6 Å². The molecule has 0 radical (unpaired) electrons. The number of rotatable bonds is 5. The fourth-order valence-corrected chi connectivity index (χ4v) is 8.82. The smallest absolute Gasteiger partial charge is 0.163 e. The van der Waals surface area contributed by atoms with E-state index in [1.54, 1.807) is 0 Å². The zero-order chi connectivity index (χ0) is 39.6. The molecule has 3 unspecified atom stereocenters. The summed E-state index contributed by atoms with van der Waals surface area (Å²) in [7, 11) is 0. The predicted octanol–water partition coefficient (Wildman–Crippen LogP) is 10.0. The monoisotopic (exact) mass is 769 g/mol. The number of dihydropyridines is 1. The van der Waals surface area contributed by atoms with E-state index in [2.05, 4.69) is 145 Å². The van der Waals surface area contributed by atoms with Crippen LogP contribution in [0.25, 0.3) is 84.8 Å². The Morgan fingerprint density at radius 2 is 1.23 bits per heavy atom. The summed E-state index contributed by atoms with van der Waals surface area (Å²) in [5.41, 5.74) is 9.98. The Labute approximate surface area is 345 Å². The number of aromatic nitrogens is 6. The maximum absolute atomic E-state index is 5.21. The molecule has 60 heavy (non-hydrogen) atoms. The van der Waals surface area contributed by atoms with E-state index < -0.39 is 0 Å². The van der Waals surface area contributed by atoms with Gasteiger partial charge in [-0.15, -0.1) is 0 Å². The first-order valence-corrected chi connectivity index (χ1v) is 20.4. The van der Waals surface area contributed by atoms with Crippen LogP contribution in [-0.2, 0) is 0 Å². The highest BCUT2D eigenvalue weighted by Gasteiger charge is 2.28. The third kappa shape index (κ3) is 6.02. The Morgan fingerprint density at radius 1 is 0.500 bits per heavy atom. The van der Waals surface area contributed by atoms with Gasteiger partial charge in [-0.3, -0.25) is 15.0 Å². The first kappa shape index (κ1) is 34.3. The van der Waals surface area contributed by atoms with Crippen LogP contribution in [0.3, 0.4) is 0 Å². The second-order valence-corrected chi connectivity index (χ2v) is 15.7. The van der Waals surface area contributed by atoms with Crippen molar-refractivity contribution in [1.29, 1.82) is 0 Å². The van der Waals surface area contributed by atoms with Crippen molar-refractivity contribution < 1.29 is 0 Å². The normalized spacial score (nSPS) is 17.7. The first-order valence-electron chi connectivity index (χ1n) is 20.4. The molecule has 282 valence electrons. The second kappa shape index (κ2) is 14.0. The molecule has 5 heterocycles. The maximum atomic E-state index is 5.21. The van der Waals surface area contributed by atoms with Gasteiger partial charge in [-0.25, -0.2) is 19.9 Å². The Hall–Kier alpha value is -7.77. The molecule has 0 N–H and O–H groups in total. The van der Waals surface area contributed by atoms with E-state index in [1.807, 2.05) is 42.7 Å². The summed E-state index contributed by atoms with van der Waals surface area (Å²) in [6.07, 6.45) is 17.8. The summed E-state index contributed by atoms with van der Waals surface area (Å²) in [5, 5.41) is 6.74. The molecule has 3 aliphatic rings. The van der Waals surface area contributed by atoms with Gasteiger partial charge in [0.25, 0.3) is 0 Å². The fourth-order valence-electron chi connectivity index (χ4n) is 8.82. The highest BCUT2D eigenvalue weighted by Crippen LogP contribution is 2.38. The predicted molar refractivity (Wildman–Crippen MR) is 241 cm³/mol. The summed E-state index contributed by atoms with van der Waals surface area (Å²) in [5.74, 6) is 2.28. The molecular formula is C53H35N7. The van der Waals surface area contributed by atoms with Gasteiger partial charge in [0.1, 0.15) is 11.9 Å². The largest absolute Gasteiger partial charge is 0.274 e. The molecule has 4 aromatic heterocycles. The van der Waals surface area contributed by atoms with Gasteiger partial charge < -0.3 is 0 Å². The molecule has 0 saturated carbocycles. The van der Waals surface area contributed by atoms with E-state index in [9.17, 15) is 0 Å². The van der Waals surface area contributed by atoms with E-state index in [4.69, 9.17) is 29.9 Å². The molecule has 9 aromatic rings. The van der Waals surface area contributed by atoms with Crippen LogP contribution in [-0.4, -0.2) is 35.6 Å². The minimum atomic E-state index is -0.0162. The highest BCUT2D eigenvalue weighted by molar-refractivity contribution is 6.11. The van der Waals surface area contributed by atoms with E-state index in [1.165, 1.54) is 5.22 Å². The lowest BCUT2D eigenvalue weighted by atomic mass is 9.85. The summed E-state index contributed by atoms with van der Waals surface area (Å²) in [6, 6.07) is 46.3. The minimum Gasteiger partial charge on any atom is -0.274 e. The molecule has 7 nitrogen and oxygen atoms in total. The Bertz CT molecular complexity index is 3440. The number of hydrogen-bond acceptors (Lipinski definition) is 7. The van der Waals surface area contributed by atoms with E-state index >= 15 is 0 Å². The maximum Gasteiger partial charge on any atom is 0.163 e.